The molecular weight excluding hydrogens is 458 g/mol. The number of hydrogen-bond acceptors (Lipinski definition) is 3. The van der Waals surface area contributed by atoms with E-state index in [0.717, 1.165) is 19.3 Å². The Balaban J connectivity index is 1.37. The molecule has 3 aromatic rings. The summed E-state index contributed by atoms with van der Waals surface area (Å²) in [5, 5.41) is 4.04. The van der Waals surface area contributed by atoms with Crippen molar-refractivity contribution < 1.29 is 13.2 Å². The first kappa shape index (κ1) is 22.8. The van der Waals surface area contributed by atoms with E-state index in [-0.39, 0.29) is 16.8 Å². The monoisotopic (exact) mass is 491 g/mol. The van der Waals surface area contributed by atoms with Crippen molar-refractivity contribution >= 4 is 32.5 Å². The molecule has 0 bridgehead atoms. The lowest BCUT2D eigenvalue weighted by Gasteiger charge is -2.39. The van der Waals surface area contributed by atoms with Gasteiger partial charge in [0.05, 0.1) is 10.9 Å². The van der Waals surface area contributed by atoms with Crippen molar-refractivity contribution in [1.82, 2.24) is 8.87 Å². The third-order valence-corrected chi connectivity index (χ3v) is 10.1. The second-order valence-electron chi connectivity index (χ2n) is 10.4. The standard InChI is InChI=1S/C28H33N3O3S/c1-19(32)29-22-11-13-23(14-12-22)35(33,34)31-17-16-30-26-15-10-21(20-6-3-2-4-7-20)18-25(26)24-8-5-9-27(31)28(24)30/h10-15,18,20,27H,2-9,16-17H2,1H3,(H,29,32). The lowest BCUT2D eigenvalue weighted by Crippen LogP contribution is -2.43. The third kappa shape index (κ3) is 3.89. The smallest absolute Gasteiger partial charge is 0.243 e. The minimum absolute atomic E-state index is 0.127. The van der Waals surface area contributed by atoms with Crippen LogP contribution in [0.5, 0.6) is 0 Å². The van der Waals surface area contributed by atoms with E-state index < -0.39 is 10.0 Å². The van der Waals surface area contributed by atoms with Gasteiger partial charge >= 0.3 is 0 Å². The third-order valence-electron chi connectivity index (χ3n) is 8.21. The topological polar surface area (TPSA) is 71.4 Å². The number of sulfonamides is 1. The predicted octanol–water partition coefficient (Wildman–Crippen LogP) is 5.73. The number of carbonyl (C=O) groups excluding carboxylic acids is 1. The van der Waals surface area contributed by atoms with Gasteiger partial charge in [-0.1, -0.05) is 25.3 Å². The zero-order chi connectivity index (χ0) is 24.2. The van der Waals surface area contributed by atoms with E-state index in [9.17, 15) is 13.2 Å². The largest absolute Gasteiger partial charge is 0.341 e. The molecule has 1 unspecified atom stereocenters. The maximum Gasteiger partial charge on any atom is 0.243 e. The molecule has 1 aromatic heterocycles. The molecule has 6 nitrogen and oxygen atoms in total. The molecule has 2 aromatic carbocycles. The number of hydrogen-bond donors (Lipinski definition) is 1. The van der Waals surface area contributed by atoms with Crippen molar-refractivity contribution in [2.24, 2.45) is 0 Å². The number of anilines is 1. The van der Waals surface area contributed by atoms with Gasteiger partial charge in [-0.25, -0.2) is 8.42 Å². The predicted molar refractivity (Wildman–Crippen MR) is 138 cm³/mol. The molecule has 0 spiro atoms. The van der Waals surface area contributed by atoms with E-state index in [0.29, 0.717) is 24.7 Å². The van der Waals surface area contributed by atoms with E-state index >= 15 is 0 Å². The number of nitrogens with zero attached hydrogens (tertiary/aromatic N) is 2. The molecule has 1 aliphatic heterocycles. The van der Waals surface area contributed by atoms with Gasteiger partial charge in [0.2, 0.25) is 15.9 Å². The van der Waals surface area contributed by atoms with Gasteiger partial charge in [0.25, 0.3) is 0 Å². The highest BCUT2D eigenvalue weighted by Crippen LogP contribution is 2.45. The van der Waals surface area contributed by atoms with Gasteiger partial charge in [-0.05, 0) is 85.5 Å². The molecule has 1 N–H and O–H groups in total. The fourth-order valence-corrected chi connectivity index (χ4v) is 8.23. The normalized spacial score (nSPS) is 21.1. The van der Waals surface area contributed by atoms with Crippen molar-refractivity contribution in [2.75, 3.05) is 11.9 Å². The van der Waals surface area contributed by atoms with E-state index in [1.807, 2.05) is 0 Å². The van der Waals surface area contributed by atoms with Gasteiger partial charge < -0.3 is 9.88 Å². The van der Waals surface area contributed by atoms with Crippen LogP contribution in [0.4, 0.5) is 5.69 Å². The Morgan fingerprint density at radius 3 is 2.46 bits per heavy atom. The SMILES string of the molecule is CC(=O)Nc1ccc(S(=O)(=O)N2CCn3c4c(c5cc(C6CCCCC6)ccc53)CCCC42)cc1. The Morgan fingerprint density at radius 1 is 0.943 bits per heavy atom. The maximum atomic E-state index is 13.7. The van der Waals surface area contributed by atoms with Crippen LogP contribution in [0, 0.1) is 0 Å². The van der Waals surface area contributed by atoms with Crippen molar-refractivity contribution in [1.29, 1.82) is 0 Å². The summed E-state index contributed by atoms with van der Waals surface area (Å²) in [5.74, 6) is 0.486. The molecule has 0 radical (unpaired) electrons. The minimum Gasteiger partial charge on any atom is -0.341 e. The number of aromatic nitrogens is 1. The summed E-state index contributed by atoms with van der Waals surface area (Å²) < 4.78 is 31.6. The molecule has 6 rings (SSSR count). The summed E-state index contributed by atoms with van der Waals surface area (Å²) in [5.41, 5.74) is 5.89. The number of rotatable bonds is 4. The average Bonchev–Trinajstić information content (AvgIpc) is 3.19. The number of nitrogens with one attached hydrogen (secondary N) is 1. The summed E-state index contributed by atoms with van der Waals surface area (Å²) >= 11 is 0. The van der Waals surface area contributed by atoms with Crippen molar-refractivity contribution in [3.8, 4) is 0 Å². The Morgan fingerprint density at radius 2 is 1.71 bits per heavy atom. The molecule has 184 valence electrons. The van der Waals surface area contributed by atoms with Gasteiger partial charge in [-0.3, -0.25) is 4.79 Å². The molecule has 1 saturated carbocycles. The fraction of sp³-hybridized carbons (Fsp3) is 0.464. The van der Waals surface area contributed by atoms with Crippen molar-refractivity contribution in [3.63, 3.8) is 0 Å². The molecule has 3 aliphatic rings. The summed E-state index contributed by atoms with van der Waals surface area (Å²) in [7, 11) is -3.65. The van der Waals surface area contributed by atoms with Gasteiger partial charge in [0, 0.05) is 42.3 Å². The minimum atomic E-state index is -3.65. The number of carbonyl (C=O) groups is 1. The Hall–Kier alpha value is -2.64. The van der Waals surface area contributed by atoms with Crippen LogP contribution in [0.15, 0.2) is 47.4 Å². The van der Waals surface area contributed by atoms with Gasteiger partial charge in [-0.15, -0.1) is 0 Å². The van der Waals surface area contributed by atoms with Crippen molar-refractivity contribution in [2.45, 2.75) is 81.7 Å². The quantitative estimate of drug-likeness (QED) is 0.507. The van der Waals surface area contributed by atoms with Crippen LogP contribution < -0.4 is 5.32 Å². The molecule has 0 saturated heterocycles. The van der Waals surface area contributed by atoms with Crippen LogP contribution in [0.1, 0.15) is 80.7 Å². The first-order chi connectivity index (χ1) is 16.9. The molecule has 35 heavy (non-hydrogen) atoms. The van der Waals surface area contributed by atoms with Crippen LogP contribution in [0.25, 0.3) is 10.9 Å². The molecule has 7 heteroatoms. The number of amides is 1. The highest BCUT2D eigenvalue weighted by atomic mass is 32.2. The fourth-order valence-electron chi connectivity index (χ4n) is 6.62. The number of fused-ring (bicyclic) bond motifs is 3. The van der Waals surface area contributed by atoms with Crippen molar-refractivity contribution in [3.05, 3.63) is 59.3 Å². The Kier molecular flexibility index (Phi) is 5.72. The molecule has 1 atom stereocenters. The molecule has 1 fully saturated rings. The Labute approximate surface area is 207 Å². The molecule has 2 heterocycles. The van der Waals surface area contributed by atoms with Crippen LogP contribution in [0.3, 0.4) is 0 Å². The second-order valence-corrected chi connectivity index (χ2v) is 12.2. The molecular formula is C28H33N3O3S. The molecule has 1 amide bonds. The maximum absolute atomic E-state index is 13.7. The van der Waals surface area contributed by atoms with Gasteiger partial charge in [0.15, 0.2) is 0 Å². The van der Waals surface area contributed by atoms with Crippen LogP contribution in [0.2, 0.25) is 0 Å². The lowest BCUT2D eigenvalue weighted by molar-refractivity contribution is -0.114. The zero-order valence-electron chi connectivity index (χ0n) is 20.3. The van der Waals surface area contributed by atoms with Gasteiger partial charge in [-0.2, -0.15) is 4.31 Å². The highest BCUT2D eigenvalue weighted by Gasteiger charge is 2.41. The Bertz CT molecular complexity index is 1390. The number of aryl methyl sites for hydroxylation is 1. The first-order valence-corrected chi connectivity index (χ1v) is 14.4. The zero-order valence-corrected chi connectivity index (χ0v) is 21.1. The van der Waals surface area contributed by atoms with Crippen LogP contribution >= 0.6 is 0 Å². The van der Waals surface area contributed by atoms with E-state index in [2.05, 4.69) is 28.1 Å². The summed E-state index contributed by atoms with van der Waals surface area (Å²) in [6.07, 6.45) is 9.42. The summed E-state index contributed by atoms with van der Waals surface area (Å²) in [4.78, 5) is 11.6. The van der Waals surface area contributed by atoms with E-state index in [1.54, 1.807) is 28.6 Å². The van der Waals surface area contributed by atoms with E-state index in [4.69, 9.17) is 0 Å². The summed E-state index contributed by atoms with van der Waals surface area (Å²) in [6.45, 7) is 2.59. The summed E-state index contributed by atoms with van der Waals surface area (Å²) in [6, 6.07) is 13.4. The van der Waals surface area contributed by atoms with E-state index in [1.165, 1.54) is 66.8 Å². The number of benzene rings is 2. The second kappa shape index (κ2) is 8.79. The van der Waals surface area contributed by atoms with Crippen LogP contribution in [-0.2, 0) is 27.8 Å². The van der Waals surface area contributed by atoms with Crippen LogP contribution in [-0.4, -0.2) is 29.7 Å². The first-order valence-electron chi connectivity index (χ1n) is 13.0. The molecule has 2 aliphatic carbocycles. The average molecular weight is 492 g/mol. The lowest BCUT2D eigenvalue weighted by atomic mass is 9.83. The van der Waals surface area contributed by atoms with Gasteiger partial charge in [0.1, 0.15) is 0 Å². The highest BCUT2D eigenvalue weighted by molar-refractivity contribution is 7.89.